The predicted octanol–water partition coefficient (Wildman–Crippen LogP) is 3.20. The highest BCUT2D eigenvalue weighted by atomic mass is 32.2. The second-order valence-electron chi connectivity index (χ2n) is 8.53. The molecule has 0 spiro atoms. The van der Waals surface area contributed by atoms with Crippen LogP contribution in [0, 0.1) is 0 Å². The van der Waals surface area contributed by atoms with Crippen LogP contribution in [0.2, 0.25) is 0 Å². The van der Waals surface area contributed by atoms with Gasteiger partial charge in [-0.3, -0.25) is 0 Å². The molecule has 0 saturated carbocycles. The van der Waals surface area contributed by atoms with Gasteiger partial charge in [0.15, 0.2) is 0 Å². The van der Waals surface area contributed by atoms with Crippen molar-refractivity contribution in [2.24, 2.45) is 0 Å². The van der Waals surface area contributed by atoms with Crippen molar-refractivity contribution in [1.29, 1.82) is 0 Å². The summed E-state index contributed by atoms with van der Waals surface area (Å²) in [7, 11) is -3.42. The summed E-state index contributed by atoms with van der Waals surface area (Å²) in [6.45, 7) is 1.47. The van der Waals surface area contributed by atoms with Crippen molar-refractivity contribution in [3.8, 4) is 11.1 Å². The molecule has 4 rings (SSSR count). The van der Waals surface area contributed by atoms with E-state index in [4.69, 9.17) is 9.47 Å². The molecule has 3 atom stereocenters. The molecule has 2 saturated heterocycles. The molecule has 0 radical (unpaired) electrons. The van der Waals surface area contributed by atoms with Gasteiger partial charge in [-0.25, -0.2) is 17.9 Å². The summed E-state index contributed by atoms with van der Waals surface area (Å²) in [5.41, 5.74) is 3.24. The van der Waals surface area contributed by atoms with Gasteiger partial charge in [-0.15, -0.1) is 0 Å². The van der Waals surface area contributed by atoms with Crippen LogP contribution in [0.3, 0.4) is 0 Å². The smallest absolute Gasteiger partial charge is 0.410 e. The topological polar surface area (TPSA) is 84.9 Å². The van der Waals surface area contributed by atoms with Crippen molar-refractivity contribution in [1.82, 2.24) is 9.62 Å². The minimum Gasteiger partial charge on any atom is -0.447 e. The highest BCUT2D eigenvalue weighted by Crippen LogP contribution is 2.26. The molecule has 2 heterocycles. The lowest BCUT2D eigenvalue weighted by Gasteiger charge is -2.41. The molecule has 32 heavy (non-hydrogen) atoms. The minimum absolute atomic E-state index is 0.0327. The third-order valence-electron chi connectivity index (χ3n) is 6.04. The molecular weight excluding hydrogens is 428 g/mol. The lowest BCUT2D eigenvalue weighted by molar-refractivity contribution is -0.0844. The number of likely N-dealkylation sites (tertiary alicyclic amines) is 1. The zero-order valence-corrected chi connectivity index (χ0v) is 19.1. The third-order valence-corrected chi connectivity index (χ3v) is 6.77. The van der Waals surface area contributed by atoms with E-state index in [2.05, 4.69) is 29.0 Å². The number of nitrogens with one attached hydrogen (secondary N) is 1. The molecule has 2 aliphatic rings. The molecule has 0 aliphatic carbocycles. The number of amides is 1. The summed E-state index contributed by atoms with van der Waals surface area (Å²) >= 11 is 0. The Balaban J connectivity index is 1.55. The Kier molecular flexibility index (Phi) is 7.13. The van der Waals surface area contributed by atoms with Gasteiger partial charge in [-0.1, -0.05) is 54.6 Å². The van der Waals surface area contributed by atoms with Crippen molar-refractivity contribution < 1.29 is 22.7 Å². The third kappa shape index (κ3) is 5.88. The van der Waals surface area contributed by atoms with Gasteiger partial charge in [-0.05, 0) is 36.0 Å². The number of hydrogen-bond acceptors (Lipinski definition) is 5. The average molecular weight is 459 g/mol. The van der Waals surface area contributed by atoms with Crippen LogP contribution in [0.15, 0.2) is 54.6 Å². The first-order chi connectivity index (χ1) is 15.4. The van der Waals surface area contributed by atoms with Crippen LogP contribution in [-0.4, -0.2) is 63.6 Å². The van der Waals surface area contributed by atoms with E-state index in [-0.39, 0.29) is 24.8 Å². The number of benzene rings is 2. The van der Waals surface area contributed by atoms with Crippen molar-refractivity contribution in [2.45, 2.75) is 43.9 Å². The Morgan fingerprint density at radius 1 is 1.12 bits per heavy atom. The number of nitrogens with zero attached hydrogens (tertiary/aromatic N) is 1. The van der Waals surface area contributed by atoms with Crippen LogP contribution >= 0.6 is 0 Å². The SMILES string of the molecule is CS(=O)(=O)N[C@@H]1CCCN(C(=O)OCC2CCO2)[C@@H]1Cc1cccc(-c2ccccc2)c1. The largest absolute Gasteiger partial charge is 0.447 e. The fraction of sp³-hybridized carbons (Fsp3) is 0.458. The maximum Gasteiger partial charge on any atom is 0.410 e. The fourth-order valence-electron chi connectivity index (χ4n) is 4.36. The van der Waals surface area contributed by atoms with E-state index in [0.29, 0.717) is 32.4 Å². The molecule has 1 amide bonds. The summed E-state index contributed by atoms with van der Waals surface area (Å²) in [6, 6.07) is 17.6. The number of carbonyl (C=O) groups is 1. The first-order valence-electron chi connectivity index (χ1n) is 11.1. The molecule has 2 aliphatic heterocycles. The van der Waals surface area contributed by atoms with Gasteiger partial charge in [0.1, 0.15) is 6.61 Å². The Labute approximate surface area is 189 Å². The summed E-state index contributed by atoms with van der Waals surface area (Å²) in [5, 5.41) is 0. The normalized spacial score (nSPS) is 23.4. The van der Waals surface area contributed by atoms with Crippen LogP contribution in [0.25, 0.3) is 11.1 Å². The van der Waals surface area contributed by atoms with Crippen molar-refractivity contribution in [2.75, 3.05) is 26.0 Å². The monoisotopic (exact) mass is 458 g/mol. The first-order valence-corrected chi connectivity index (χ1v) is 12.9. The Morgan fingerprint density at radius 2 is 1.88 bits per heavy atom. The number of rotatable bonds is 7. The van der Waals surface area contributed by atoms with Crippen molar-refractivity contribution >= 4 is 16.1 Å². The van der Waals surface area contributed by atoms with Crippen molar-refractivity contribution in [3.63, 3.8) is 0 Å². The zero-order chi connectivity index (χ0) is 22.6. The summed E-state index contributed by atoms with van der Waals surface area (Å²) < 4.78 is 37.6. The standard InChI is InChI=1S/C24H30N2O5S/c1-32(28,29)25-22-11-6-13-26(24(27)31-17-21-12-14-30-21)23(22)16-18-7-5-10-20(15-18)19-8-3-2-4-9-19/h2-5,7-10,15,21-23,25H,6,11-14,16-17H2,1H3/t21?,22-,23-/m1/s1. The van der Waals surface area contributed by atoms with E-state index in [1.807, 2.05) is 30.3 Å². The van der Waals surface area contributed by atoms with Crippen molar-refractivity contribution in [3.05, 3.63) is 60.2 Å². The highest BCUT2D eigenvalue weighted by Gasteiger charge is 2.37. The van der Waals surface area contributed by atoms with Gasteiger partial charge < -0.3 is 14.4 Å². The number of hydrogen-bond donors (Lipinski definition) is 1. The van der Waals surface area contributed by atoms with E-state index >= 15 is 0 Å². The molecule has 8 heteroatoms. The molecule has 0 bridgehead atoms. The van der Waals surface area contributed by atoms with Crippen LogP contribution in [0.5, 0.6) is 0 Å². The van der Waals surface area contributed by atoms with E-state index in [1.165, 1.54) is 0 Å². The molecule has 172 valence electrons. The summed E-state index contributed by atoms with van der Waals surface area (Å²) in [6.07, 6.45) is 3.52. The number of sulfonamides is 1. The van der Waals surface area contributed by atoms with Crippen LogP contribution in [-0.2, 0) is 25.9 Å². The molecule has 0 aromatic heterocycles. The molecule has 2 aromatic rings. The van der Waals surface area contributed by atoms with Gasteiger partial charge in [0, 0.05) is 25.6 Å². The van der Waals surface area contributed by atoms with Gasteiger partial charge in [0.2, 0.25) is 10.0 Å². The van der Waals surface area contributed by atoms with Gasteiger partial charge in [-0.2, -0.15) is 0 Å². The summed E-state index contributed by atoms with van der Waals surface area (Å²) in [5.74, 6) is 0. The Morgan fingerprint density at radius 3 is 2.56 bits per heavy atom. The number of ether oxygens (including phenoxy) is 2. The maximum absolute atomic E-state index is 12.9. The minimum atomic E-state index is -3.42. The summed E-state index contributed by atoms with van der Waals surface area (Å²) in [4.78, 5) is 14.6. The van der Waals surface area contributed by atoms with E-state index in [1.54, 1.807) is 4.90 Å². The average Bonchev–Trinajstić information content (AvgIpc) is 2.73. The first kappa shape index (κ1) is 22.8. The lowest BCUT2D eigenvalue weighted by Crippen LogP contribution is -2.58. The number of piperidine rings is 1. The fourth-order valence-corrected chi connectivity index (χ4v) is 5.19. The molecule has 2 aromatic carbocycles. The molecule has 2 fully saturated rings. The molecule has 1 unspecified atom stereocenters. The van der Waals surface area contributed by atoms with Gasteiger partial charge in [0.05, 0.1) is 18.4 Å². The van der Waals surface area contributed by atoms with E-state index in [9.17, 15) is 13.2 Å². The van der Waals surface area contributed by atoms with Gasteiger partial charge in [0.25, 0.3) is 0 Å². The van der Waals surface area contributed by atoms with E-state index in [0.717, 1.165) is 29.4 Å². The van der Waals surface area contributed by atoms with E-state index < -0.39 is 16.1 Å². The molecular formula is C24H30N2O5S. The highest BCUT2D eigenvalue weighted by molar-refractivity contribution is 7.88. The van der Waals surface area contributed by atoms with Gasteiger partial charge >= 0.3 is 6.09 Å². The Hall–Kier alpha value is -2.42. The molecule has 1 N–H and O–H groups in total. The number of carbonyl (C=O) groups excluding carboxylic acids is 1. The van der Waals surface area contributed by atoms with Crippen LogP contribution in [0.1, 0.15) is 24.8 Å². The van der Waals surface area contributed by atoms with Crippen LogP contribution < -0.4 is 4.72 Å². The molecule has 7 nitrogen and oxygen atoms in total. The van der Waals surface area contributed by atoms with Crippen LogP contribution in [0.4, 0.5) is 4.79 Å². The predicted molar refractivity (Wildman–Crippen MR) is 123 cm³/mol. The quantitative estimate of drug-likeness (QED) is 0.689. The zero-order valence-electron chi connectivity index (χ0n) is 18.3. The Bertz CT molecular complexity index is 1020. The maximum atomic E-state index is 12.9. The second kappa shape index (κ2) is 10.0. The second-order valence-corrected chi connectivity index (χ2v) is 10.3. The lowest BCUT2D eigenvalue weighted by atomic mass is 9.90.